The smallest absolute Gasteiger partial charge is 0.233 e. The second kappa shape index (κ2) is 7.54. The van der Waals surface area contributed by atoms with Gasteiger partial charge < -0.3 is 24.5 Å². The number of hydrogen-bond donors (Lipinski definition) is 1. The lowest BCUT2D eigenvalue weighted by atomic mass is 9.97. The lowest BCUT2D eigenvalue weighted by Crippen LogP contribution is -2.37. The normalized spacial score (nSPS) is 23.7. The second-order valence-electron chi connectivity index (χ2n) is 4.54. The van der Waals surface area contributed by atoms with E-state index in [9.17, 15) is 0 Å². The van der Waals surface area contributed by atoms with Crippen molar-refractivity contribution in [1.29, 1.82) is 0 Å². The summed E-state index contributed by atoms with van der Waals surface area (Å²) >= 11 is 0. The molecule has 1 aromatic heterocycles. The van der Waals surface area contributed by atoms with E-state index in [1.165, 1.54) is 0 Å². The Morgan fingerprint density at radius 1 is 1.37 bits per heavy atom. The third-order valence-electron chi connectivity index (χ3n) is 3.11. The zero-order valence-electron chi connectivity index (χ0n) is 11.2. The second-order valence-corrected chi connectivity index (χ2v) is 4.54. The van der Waals surface area contributed by atoms with Crippen molar-refractivity contribution < 1.29 is 18.7 Å². The number of aromatic nitrogens is 2. The van der Waals surface area contributed by atoms with Crippen LogP contribution in [-0.2, 0) is 20.6 Å². The molecule has 0 aromatic carbocycles. The molecular weight excluding hydrogens is 250 g/mol. The van der Waals surface area contributed by atoms with Crippen molar-refractivity contribution >= 4 is 0 Å². The molecule has 2 unspecified atom stereocenters. The molecule has 1 fully saturated rings. The van der Waals surface area contributed by atoms with Crippen LogP contribution >= 0.6 is 0 Å². The van der Waals surface area contributed by atoms with E-state index in [1.54, 1.807) is 7.11 Å². The zero-order chi connectivity index (χ0) is 13.5. The van der Waals surface area contributed by atoms with E-state index < -0.39 is 0 Å². The zero-order valence-corrected chi connectivity index (χ0v) is 11.2. The molecular formula is C12H21N3O4. The van der Waals surface area contributed by atoms with Gasteiger partial charge >= 0.3 is 0 Å². The predicted molar refractivity (Wildman–Crippen MR) is 66.8 cm³/mol. The average Bonchev–Trinajstić information content (AvgIpc) is 2.88. The van der Waals surface area contributed by atoms with Gasteiger partial charge in [-0.15, -0.1) is 0 Å². The molecule has 0 radical (unpaired) electrons. The van der Waals surface area contributed by atoms with Gasteiger partial charge in [0.25, 0.3) is 0 Å². The highest BCUT2D eigenvalue weighted by Gasteiger charge is 2.29. The van der Waals surface area contributed by atoms with Gasteiger partial charge in [0.1, 0.15) is 0 Å². The summed E-state index contributed by atoms with van der Waals surface area (Å²) in [5.74, 6) is 1.22. The molecule has 2 rings (SSSR count). The standard InChI is InChI=1S/C12H21N3O4/c1-16-6-7-17-5-3-11-14-12(19-15-11)9-8-18-4-2-10(9)13/h9-10H,2-8,13H2,1H3. The fourth-order valence-corrected chi connectivity index (χ4v) is 1.94. The molecule has 0 aliphatic carbocycles. The summed E-state index contributed by atoms with van der Waals surface area (Å²) in [5, 5.41) is 3.94. The molecule has 1 aliphatic rings. The number of ether oxygens (including phenoxy) is 3. The van der Waals surface area contributed by atoms with Gasteiger partial charge in [-0.2, -0.15) is 4.98 Å². The van der Waals surface area contributed by atoms with Gasteiger partial charge in [0.15, 0.2) is 5.82 Å². The Morgan fingerprint density at radius 2 is 2.26 bits per heavy atom. The Balaban J connectivity index is 1.78. The van der Waals surface area contributed by atoms with Crippen LogP contribution in [0.1, 0.15) is 24.1 Å². The fraction of sp³-hybridized carbons (Fsp3) is 0.833. The number of rotatable bonds is 7. The summed E-state index contributed by atoms with van der Waals surface area (Å²) in [7, 11) is 1.64. The Morgan fingerprint density at radius 3 is 3.05 bits per heavy atom. The lowest BCUT2D eigenvalue weighted by Gasteiger charge is -2.25. The first-order chi connectivity index (χ1) is 9.31. The van der Waals surface area contributed by atoms with E-state index in [0.717, 1.165) is 6.42 Å². The summed E-state index contributed by atoms with van der Waals surface area (Å²) in [4.78, 5) is 4.35. The molecule has 1 saturated heterocycles. The topological polar surface area (TPSA) is 92.6 Å². The molecule has 0 saturated carbocycles. The number of hydrogen-bond acceptors (Lipinski definition) is 7. The van der Waals surface area contributed by atoms with Crippen LogP contribution in [-0.4, -0.2) is 56.3 Å². The highest BCUT2D eigenvalue weighted by molar-refractivity contribution is 5.00. The lowest BCUT2D eigenvalue weighted by molar-refractivity contribution is 0.0590. The Kier molecular flexibility index (Phi) is 5.71. The maximum Gasteiger partial charge on any atom is 0.233 e. The molecule has 108 valence electrons. The van der Waals surface area contributed by atoms with Crippen molar-refractivity contribution in [3.05, 3.63) is 11.7 Å². The number of nitrogens with zero attached hydrogens (tertiary/aromatic N) is 2. The SMILES string of the molecule is COCCOCCc1noc(C2COCCC2N)n1. The summed E-state index contributed by atoms with van der Waals surface area (Å²) in [5.41, 5.74) is 6.03. The molecule has 1 aromatic rings. The molecule has 2 heterocycles. The third-order valence-corrected chi connectivity index (χ3v) is 3.11. The van der Waals surface area contributed by atoms with Crippen LogP contribution in [0.4, 0.5) is 0 Å². The van der Waals surface area contributed by atoms with Gasteiger partial charge in [-0.1, -0.05) is 5.16 Å². The first kappa shape index (κ1) is 14.4. The predicted octanol–water partition coefficient (Wildman–Crippen LogP) is 0.106. The van der Waals surface area contributed by atoms with Crippen LogP contribution in [0.15, 0.2) is 4.52 Å². The molecule has 7 heteroatoms. The van der Waals surface area contributed by atoms with E-state index in [4.69, 9.17) is 24.5 Å². The van der Waals surface area contributed by atoms with Gasteiger partial charge in [0, 0.05) is 26.2 Å². The van der Waals surface area contributed by atoms with E-state index in [-0.39, 0.29) is 12.0 Å². The average molecular weight is 271 g/mol. The van der Waals surface area contributed by atoms with Crippen molar-refractivity contribution in [3.8, 4) is 0 Å². The van der Waals surface area contributed by atoms with Crippen molar-refractivity contribution in [2.45, 2.75) is 24.8 Å². The molecule has 0 amide bonds. The molecule has 0 spiro atoms. The van der Waals surface area contributed by atoms with Gasteiger partial charge in [-0.25, -0.2) is 0 Å². The van der Waals surface area contributed by atoms with Crippen LogP contribution in [0.3, 0.4) is 0 Å². The van der Waals surface area contributed by atoms with Gasteiger partial charge in [0.05, 0.1) is 32.3 Å². The van der Waals surface area contributed by atoms with E-state index in [1.807, 2.05) is 0 Å². The monoisotopic (exact) mass is 271 g/mol. The minimum atomic E-state index is 0.00408. The largest absolute Gasteiger partial charge is 0.382 e. The summed E-state index contributed by atoms with van der Waals surface area (Å²) in [6, 6.07) is 0.0278. The molecule has 0 bridgehead atoms. The van der Waals surface area contributed by atoms with Crippen molar-refractivity contribution in [3.63, 3.8) is 0 Å². The Labute approximate surface area is 112 Å². The van der Waals surface area contributed by atoms with Crippen molar-refractivity contribution in [2.24, 2.45) is 5.73 Å². The summed E-state index contributed by atoms with van der Waals surface area (Å²) < 4.78 is 20.9. The molecule has 2 atom stereocenters. The first-order valence-electron chi connectivity index (χ1n) is 6.53. The number of nitrogens with two attached hydrogens (primary N) is 1. The van der Waals surface area contributed by atoms with Crippen LogP contribution in [0, 0.1) is 0 Å². The Hall–Kier alpha value is -1.02. The number of methoxy groups -OCH3 is 1. The van der Waals surface area contributed by atoms with Crippen molar-refractivity contribution in [1.82, 2.24) is 10.1 Å². The van der Waals surface area contributed by atoms with E-state index >= 15 is 0 Å². The summed E-state index contributed by atoms with van der Waals surface area (Å²) in [6.07, 6.45) is 1.44. The van der Waals surface area contributed by atoms with Crippen LogP contribution < -0.4 is 5.73 Å². The first-order valence-corrected chi connectivity index (χ1v) is 6.53. The van der Waals surface area contributed by atoms with Gasteiger partial charge in [-0.3, -0.25) is 0 Å². The van der Waals surface area contributed by atoms with Gasteiger partial charge in [-0.05, 0) is 6.42 Å². The van der Waals surface area contributed by atoms with Crippen LogP contribution in [0.2, 0.25) is 0 Å². The van der Waals surface area contributed by atoms with Crippen LogP contribution in [0.25, 0.3) is 0 Å². The highest BCUT2D eigenvalue weighted by Crippen LogP contribution is 2.23. The molecule has 7 nitrogen and oxygen atoms in total. The summed E-state index contributed by atoms with van der Waals surface area (Å²) in [6.45, 7) is 2.96. The minimum absolute atomic E-state index is 0.00408. The maximum absolute atomic E-state index is 6.03. The van der Waals surface area contributed by atoms with Gasteiger partial charge in [0.2, 0.25) is 5.89 Å². The van der Waals surface area contributed by atoms with E-state index in [0.29, 0.717) is 51.2 Å². The quantitative estimate of drug-likeness (QED) is 0.703. The van der Waals surface area contributed by atoms with E-state index in [2.05, 4.69) is 10.1 Å². The van der Waals surface area contributed by atoms with Crippen molar-refractivity contribution in [2.75, 3.05) is 40.1 Å². The molecule has 1 aliphatic heterocycles. The third kappa shape index (κ3) is 4.24. The maximum atomic E-state index is 6.03. The van der Waals surface area contributed by atoms with Crippen LogP contribution in [0.5, 0.6) is 0 Å². The fourth-order valence-electron chi connectivity index (χ4n) is 1.94. The Bertz CT molecular complexity index is 372. The minimum Gasteiger partial charge on any atom is -0.382 e. The highest BCUT2D eigenvalue weighted by atomic mass is 16.5. The molecule has 19 heavy (non-hydrogen) atoms. The molecule has 2 N–H and O–H groups in total.